The zero-order valence-electron chi connectivity index (χ0n) is 12.6. The second kappa shape index (κ2) is 5.96. The molecule has 0 bridgehead atoms. The molecule has 3 aromatic rings. The Balaban J connectivity index is 2.06. The quantitative estimate of drug-likeness (QED) is 0.449. The van der Waals surface area contributed by atoms with Crippen molar-refractivity contribution in [3.05, 3.63) is 79.8 Å². The van der Waals surface area contributed by atoms with E-state index in [9.17, 15) is 20.0 Å². The summed E-state index contributed by atoms with van der Waals surface area (Å²) in [6.07, 6.45) is 1.21. The second-order valence-electron chi connectivity index (χ2n) is 5.19. The molecule has 0 radical (unpaired) electrons. The molecule has 0 amide bonds. The average Bonchev–Trinajstić information content (AvgIpc) is 2.55. The van der Waals surface area contributed by atoms with Crippen molar-refractivity contribution in [3.63, 3.8) is 0 Å². The molecule has 120 valence electrons. The minimum Gasteiger partial charge on any atom is -0.507 e. The molecular formula is C17H12N2O5. The predicted molar refractivity (Wildman–Crippen MR) is 88.6 cm³/mol. The van der Waals surface area contributed by atoms with Crippen LogP contribution in [-0.2, 0) is 0 Å². The van der Waals surface area contributed by atoms with E-state index in [1.807, 2.05) is 19.1 Å². The molecule has 7 nitrogen and oxygen atoms in total. The molecule has 1 heterocycles. The van der Waals surface area contributed by atoms with Crippen molar-refractivity contribution in [2.24, 2.45) is 0 Å². The molecule has 0 aliphatic heterocycles. The maximum Gasteiger partial charge on any atom is 0.362 e. The number of nitro groups is 1. The smallest absolute Gasteiger partial charge is 0.362 e. The number of non-ortho nitro benzene ring substituents is 1. The Bertz CT molecular complexity index is 1020. The van der Waals surface area contributed by atoms with Gasteiger partial charge in [-0.05, 0) is 13.0 Å². The minimum atomic E-state index is -0.790. The van der Waals surface area contributed by atoms with Crippen LogP contribution in [0.2, 0.25) is 0 Å². The lowest BCUT2D eigenvalue weighted by molar-refractivity contribution is -0.384. The van der Waals surface area contributed by atoms with Crippen LogP contribution in [0.5, 0.6) is 0 Å². The molecule has 0 atom stereocenters. The van der Waals surface area contributed by atoms with Gasteiger partial charge in [0.05, 0.1) is 11.0 Å². The number of nitro benzene ring substituents is 1. The van der Waals surface area contributed by atoms with Gasteiger partial charge in [-0.25, -0.2) is 9.78 Å². The first-order valence-electron chi connectivity index (χ1n) is 7.01. The molecule has 0 spiro atoms. The van der Waals surface area contributed by atoms with Crippen LogP contribution < -0.4 is 5.63 Å². The van der Waals surface area contributed by atoms with E-state index < -0.39 is 10.5 Å². The molecule has 0 saturated heterocycles. The maximum atomic E-state index is 12.0. The molecule has 0 aliphatic carbocycles. The Morgan fingerprint density at radius 2 is 1.96 bits per heavy atom. The zero-order chi connectivity index (χ0) is 17.3. The number of aliphatic hydroxyl groups is 1. The van der Waals surface area contributed by atoms with Gasteiger partial charge in [-0.1, -0.05) is 29.8 Å². The standard InChI is InChI=1S/C17H12N2O5/c1-10-2-4-11(5-3-10)15(20)9-14-17(21)24-16-8-12(19(22)23)6-7-13(16)18-14/h2-9,20H,1H3/b15-9-. The number of rotatable bonds is 3. The Labute approximate surface area is 135 Å². The van der Waals surface area contributed by atoms with Gasteiger partial charge in [0.25, 0.3) is 5.69 Å². The van der Waals surface area contributed by atoms with Gasteiger partial charge in [0.1, 0.15) is 11.3 Å². The Hall–Kier alpha value is -3.48. The zero-order valence-corrected chi connectivity index (χ0v) is 12.6. The minimum absolute atomic E-state index is 0.0150. The van der Waals surface area contributed by atoms with Gasteiger partial charge in [-0.3, -0.25) is 10.1 Å². The summed E-state index contributed by atoms with van der Waals surface area (Å²) in [5.41, 5.74) is 0.792. The number of hydrogen-bond donors (Lipinski definition) is 1. The van der Waals surface area contributed by atoms with E-state index in [0.717, 1.165) is 11.6 Å². The van der Waals surface area contributed by atoms with Crippen LogP contribution >= 0.6 is 0 Å². The third-order valence-corrected chi connectivity index (χ3v) is 3.43. The van der Waals surface area contributed by atoms with Crippen LogP contribution in [0.15, 0.2) is 51.7 Å². The fourth-order valence-corrected chi connectivity index (χ4v) is 2.15. The summed E-state index contributed by atoms with van der Waals surface area (Å²) in [6.45, 7) is 1.92. The number of aliphatic hydroxyl groups excluding tert-OH is 1. The highest BCUT2D eigenvalue weighted by atomic mass is 16.6. The van der Waals surface area contributed by atoms with Crippen LogP contribution in [0.3, 0.4) is 0 Å². The first kappa shape index (κ1) is 15.4. The van der Waals surface area contributed by atoms with Gasteiger partial charge in [-0.2, -0.15) is 0 Å². The normalized spacial score (nSPS) is 11.6. The lowest BCUT2D eigenvalue weighted by atomic mass is 10.1. The summed E-state index contributed by atoms with van der Waals surface area (Å²) in [4.78, 5) is 26.2. The van der Waals surface area contributed by atoms with E-state index in [-0.39, 0.29) is 28.2 Å². The average molecular weight is 324 g/mol. The van der Waals surface area contributed by atoms with E-state index in [0.29, 0.717) is 5.56 Å². The number of hydrogen-bond acceptors (Lipinski definition) is 6. The van der Waals surface area contributed by atoms with Crippen molar-refractivity contribution in [3.8, 4) is 0 Å². The van der Waals surface area contributed by atoms with Crippen LogP contribution in [0.1, 0.15) is 16.8 Å². The number of fused-ring (bicyclic) bond motifs is 1. The third kappa shape index (κ3) is 3.00. The first-order chi connectivity index (χ1) is 11.4. The van der Waals surface area contributed by atoms with Crippen molar-refractivity contribution in [2.75, 3.05) is 0 Å². The molecule has 24 heavy (non-hydrogen) atoms. The molecule has 0 unspecified atom stereocenters. The highest BCUT2D eigenvalue weighted by molar-refractivity contribution is 5.79. The summed E-state index contributed by atoms with van der Waals surface area (Å²) < 4.78 is 5.06. The molecular weight excluding hydrogens is 312 g/mol. The number of aromatic nitrogens is 1. The summed E-state index contributed by atoms with van der Waals surface area (Å²) in [6, 6.07) is 10.9. The third-order valence-electron chi connectivity index (χ3n) is 3.43. The molecule has 3 rings (SSSR count). The maximum absolute atomic E-state index is 12.0. The number of aryl methyl sites for hydroxylation is 1. The Morgan fingerprint density at radius 1 is 1.25 bits per heavy atom. The molecule has 1 N–H and O–H groups in total. The molecule has 2 aromatic carbocycles. The van der Waals surface area contributed by atoms with Crippen LogP contribution in [-0.4, -0.2) is 15.0 Å². The van der Waals surface area contributed by atoms with E-state index in [4.69, 9.17) is 4.42 Å². The van der Waals surface area contributed by atoms with E-state index in [1.165, 1.54) is 18.2 Å². The summed E-state index contributed by atoms with van der Waals surface area (Å²) >= 11 is 0. The fourth-order valence-electron chi connectivity index (χ4n) is 2.15. The SMILES string of the molecule is Cc1ccc(/C(O)=C/c2nc3ccc([N+](=O)[O-])cc3oc2=O)cc1. The number of nitrogens with zero attached hydrogens (tertiary/aromatic N) is 2. The van der Waals surface area contributed by atoms with Crippen LogP contribution in [0.25, 0.3) is 22.9 Å². The van der Waals surface area contributed by atoms with Crippen LogP contribution in [0.4, 0.5) is 5.69 Å². The molecule has 7 heteroatoms. The summed E-state index contributed by atoms with van der Waals surface area (Å²) in [7, 11) is 0. The van der Waals surface area contributed by atoms with Gasteiger partial charge < -0.3 is 9.52 Å². The van der Waals surface area contributed by atoms with Gasteiger partial charge in [0.2, 0.25) is 0 Å². The van der Waals surface area contributed by atoms with E-state index in [1.54, 1.807) is 12.1 Å². The Kier molecular flexibility index (Phi) is 3.83. The molecule has 1 aromatic heterocycles. The van der Waals surface area contributed by atoms with E-state index in [2.05, 4.69) is 4.98 Å². The molecule has 0 aliphatic rings. The summed E-state index contributed by atoms with van der Waals surface area (Å²) in [5, 5.41) is 20.9. The predicted octanol–water partition coefficient (Wildman–Crippen LogP) is 3.46. The largest absolute Gasteiger partial charge is 0.507 e. The van der Waals surface area contributed by atoms with Crippen molar-refractivity contribution >= 4 is 28.6 Å². The number of benzene rings is 2. The highest BCUT2D eigenvalue weighted by Crippen LogP contribution is 2.20. The van der Waals surface area contributed by atoms with Crippen LogP contribution in [0, 0.1) is 17.0 Å². The summed E-state index contributed by atoms with van der Waals surface area (Å²) in [5.74, 6) is -0.129. The topological polar surface area (TPSA) is 106 Å². The molecule has 0 saturated carbocycles. The van der Waals surface area contributed by atoms with Gasteiger partial charge in [0, 0.05) is 17.7 Å². The Morgan fingerprint density at radius 3 is 2.62 bits per heavy atom. The second-order valence-corrected chi connectivity index (χ2v) is 5.19. The van der Waals surface area contributed by atoms with Gasteiger partial charge in [-0.15, -0.1) is 0 Å². The van der Waals surface area contributed by atoms with Crippen molar-refractivity contribution < 1.29 is 14.4 Å². The van der Waals surface area contributed by atoms with Crippen molar-refractivity contribution in [1.29, 1.82) is 0 Å². The van der Waals surface area contributed by atoms with E-state index >= 15 is 0 Å². The lowest BCUT2D eigenvalue weighted by Crippen LogP contribution is -2.06. The van der Waals surface area contributed by atoms with Crippen molar-refractivity contribution in [1.82, 2.24) is 4.98 Å². The highest BCUT2D eigenvalue weighted by Gasteiger charge is 2.12. The van der Waals surface area contributed by atoms with Gasteiger partial charge >= 0.3 is 5.63 Å². The molecule has 0 fully saturated rings. The fraction of sp³-hybridized carbons (Fsp3) is 0.0588. The monoisotopic (exact) mass is 324 g/mol. The lowest BCUT2D eigenvalue weighted by Gasteiger charge is -2.02. The first-order valence-corrected chi connectivity index (χ1v) is 7.01. The van der Waals surface area contributed by atoms with Gasteiger partial charge in [0.15, 0.2) is 11.3 Å². The van der Waals surface area contributed by atoms with Crippen molar-refractivity contribution in [2.45, 2.75) is 6.92 Å².